The van der Waals surface area contributed by atoms with E-state index < -0.39 is 5.60 Å². The highest BCUT2D eigenvalue weighted by atomic mass is 79.9. The molecule has 1 fully saturated rings. The number of aromatic nitrogens is 2. The van der Waals surface area contributed by atoms with Crippen LogP contribution < -0.4 is 24.3 Å². The van der Waals surface area contributed by atoms with Crippen LogP contribution in [0.1, 0.15) is 52.0 Å². The molecular weight excluding hydrogens is 668 g/mol. The molecule has 13 heteroatoms. The third-order valence-electron chi connectivity index (χ3n) is 8.44. The van der Waals surface area contributed by atoms with Crippen LogP contribution in [0.2, 0.25) is 0 Å². The average molecular weight is 714 g/mol. The third-order valence-corrected chi connectivity index (χ3v) is 9.03. The van der Waals surface area contributed by atoms with Gasteiger partial charge in [-0.25, -0.2) is 14.8 Å². The van der Waals surface area contributed by atoms with Gasteiger partial charge in [0.1, 0.15) is 17.7 Å². The summed E-state index contributed by atoms with van der Waals surface area (Å²) in [6.45, 7) is 13.0. The van der Waals surface area contributed by atoms with Crippen LogP contribution in [0.15, 0.2) is 29.0 Å². The first-order valence-electron chi connectivity index (χ1n) is 16.5. The van der Waals surface area contributed by atoms with Crippen molar-refractivity contribution in [1.29, 1.82) is 0 Å². The lowest BCUT2D eigenvalue weighted by atomic mass is 10.1. The quantitative estimate of drug-likeness (QED) is 0.306. The molecule has 1 N–H and O–H groups in total. The summed E-state index contributed by atoms with van der Waals surface area (Å²) in [7, 11) is 2.17. The van der Waals surface area contributed by atoms with E-state index in [-0.39, 0.29) is 12.9 Å². The number of ether oxygens (including phenoxy) is 5. The number of hydrogen-bond acceptors (Lipinski definition) is 11. The molecule has 1 saturated heterocycles. The first-order chi connectivity index (χ1) is 22.6. The smallest absolute Gasteiger partial charge is 0.410 e. The second kappa shape index (κ2) is 14.7. The van der Waals surface area contributed by atoms with Gasteiger partial charge in [-0.2, -0.15) is 0 Å². The number of likely N-dealkylation sites (N-methyl/N-ethyl adjacent to an activating group) is 1. The van der Waals surface area contributed by atoms with Gasteiger partial charge in [0.25, 0.3) is 0 Å². The van der Waals surface area contributed by atoms with E-state index in [0.717, 1.165) is 79.3 Å². The maximum absolute atomic E-state index is 13.4. The molecule has 47 heavy (non-hydrogen) atoms. The molecule has 4 heterocycles. The molecule has 0 radical (unpaired) electrons. The van der Waals surface area contributed by atoms with E-state index in [1.54, 1.807) is 4.90 Å². The Morgan fingerprint density at radius 2 is 1.81 bits per heavy atom. The minimum Gasteiger partial charge on any atom is -0.490 e. The highest BCUT2D eigenvalue weighted by Crippen LogP contribution is 2.48. The van der Waals surface area contributed by atoms with Crippen LogP contribution >= 0.6 is 15.9 Å². The minimum absolute atomic E-state index is 0.0832. The summed E-state index contributed by atoms with van der Waals surface area (Å²) >= 11 is 3.65. The van der Waals surface area contributed by atoms with Gasteiger partial charge in [-0.15, -0.1) is 0 Å². The van der Waals surface area contributed by atoms with Gasteiger partial charge in [-0.05, 0) is 81.6 Å². The highest BCUT2D eigenvalue weighted by Gasteiger charge is 2.29. The summed E-state index contributed by atoms with van der Waals surface area (Å²) in [6, 6.07) is 5.84. The topological polar surface area (TPSA) is 111 Å². The molecule has 6 rings (SSSR count). The van der Waals surface area contributed by atoms with Crippen LogP contribution in [0.5, 0.6) is 23.0 Å². The van der Waals surface area contributed by atoms with Crippen LogP contribution in [-0.2, 0) is 11.3 Å². The summed E-state index contributed by atoms with van der Waals surface area (Å²) < 4.78 is 31.0. The summed E-state index contributed by atoms with van der Waals surface area (Å²) in [5.41, 5.74) is 1.58. The van der Waals surface area contributed by atoms with Crippen LogP contribution in [0, 0.1) is 0 Å². The summed E-state index contributed by atoms with van der Waals surface area (Å²) in [5.74, 6) is 3.03. The van der Waals surface area contributed by atoms with Crippen LogP contribution in [0.3, 0.4) is 0 Å². The van der Waals surface area contributed by atoms with Gasteiger partial charge < -0.3 is 43.7 Å². The lowest BCUT2D eigenvalue weighted by Crippen LogP contribution is -2.44. The minimum atomic E-state index is -0.626. The van der Waals surface area contributed by atoms with E-state index in [4.69, 9.17) is 23.7 Å². The molecule has 3 aliphatic heterocycles. The third kappa shape index (κ3) is 8.31. The molecule has 0 spiro atoms. The fourth-order valence-electron chi connectivity index (χ4n) is 5.92. The van der Waals surface area contributed by atoms with Crippen LogP contribution in [0.25, 0.3) is 10.9 Å². The molecule has 3 aliphatic rings. The van der Waals surface area contributed by atoms with Crippen molar-refractivity contribution < 1.29 is 28.5 Å². The fourth-order valence-corrected chi connectivity index (χ4v) is 6.49. The van der Waals surface area contributed by atoms with E-state index >= 15 is 0 Å². The monoisotopic (exact) mass is 712 g/mol. The number of fused-ring (bicyclic) bond motifs is 4. The molecule has 12 nitrogen and oxygen atoms in total. The SMILES string of the molecule is CN1CCN(CCCOc2cc3ncnc4c3cc2OCCCCCN(C(=O)OC(C)(C)C)Cc2cc(Br)c3c(c2N4)OCO3)CC1. The van der Waals surface area contributed by atoms with E-state index in [2.05, 4.69) is 48.1 Å². The maximum atomic E-state index is 13.4. The molecule has 0 atom stereocenters. The number of nitrogens with one attached hydrogen (secondary N) is 1. The van der Waals surface area contributed by atoms with Gasteiger partial charge in [-0.1, -0.05) is 0 Å². The molecular formula is C34H45BrN6O6. The Morgan fingerprint density at radius 1 is 1.00 bits per heavy atom. The zero-order valence-electron chi connectivity index (χ0n) is 27.8. The summed E-state index contributed by atoms with van der Waals surface area (Å²) in [6.07, 6.45) is 4.56. The molecule has 254 valence electrons. The number of carbonyl (C=O) groups is 1. The Labute approximate surface area is 284 Å². The number of carbonyl (C=O) groups excluding carboxylic acids is 1. The first-order valence-corrected chi connectivity index (χ1v) is 17.2. The lowest BCUT2D eigenvalue weighted by Gasteiger charge is -2.32. The van der Waals surface area contributed by atoms with Gasteiger partial charge in [0.15, 0.2) is 23.0 Å². The van der Waals surface area contributed by atoms with Crippen molar-refractivity contribution in [2.75, 3.05) is 71.6 Å². The summed E-state index contributed by atoms with van der Waals surface area (Å²) in [5, 5.41) is 4.28. The van der Waals surface area contributed by atoms with Crippen molar-refractivity contribution in [1.82, 2.24) is 24.7 Å². The van der Waals surface area contributed by atoms with Gasteiger partial charge in [0.2, 0.25) is 6.79 Å². The lowest BCUT2D eigenvalue weighted by molar-refractivity contribution is 0.0230. The highest BCUT2D eigenvalue weighted by molar-refractivity contribution is 9.10. The average Bonchev–Trinajstić information content (AvgIpc) is 3.52. The van der Waals surface area contributed by atoms with Crippen molar-refractivity contribution in [3.63, 3.8) is 0 Å². The number of nitrogens with zero attached hydrogens (tertiary/aromatic N) is 5. The van der Waals surface area contributed by atoms with Gasteiger partial charge in [-0.3, -0.25) is 0 Å². The van der Waals surface area contributed by atoms with E-state index in [9.17, 15) is 4.79 Å². The van der Waals surface area contributed by atoms with Gasteiger partial charge in [0, 0.05) is 56.3 Å². The Bertz CT molecular complexity index is 1580. The number of hydrogen-bond donors (Lipinski definition) is 1. The molecule has 0 unspecified atom stereocenters. The normalized spacial score (nSPS) is 17.8. The van der Waals surface area contributed by atoms with E-state index in [1.807, 2.05) is 39.0 Å². The number of anilines is 2. The van der Waals surface area contributed by atoms with Gasteiger partial charge in [0.05, 0.1) is 35.4 Å². The Balaban J connectivity index is 1.31. The fraction of sp³-hybridized carbons (Fsp3) is 0.559. The predicted octanol–water partition coefficient (Wildman–Crippen LogP) is 6.18. The first kappa shape index (κ1) is 33.4. The number of benzene rings is 2. The van der Waals surface area contributed by atoms with E-state index in [1.165, 1.54) is 6.33 Å². The number of rotatable bonds is 5. The largest absolute Gasteiger partial charge is 0.490 e. The second-order valence-corrected chi connectivity index (χ2v) is 14.1. The molecule has 2 bridgehead atoms. The van der Waals surface area contributed by atoms with Crippen LogP contribution in [0.4, 0.5) is 16.3 Å². The summed E-state index contributed by atoms with van der Waals surface area (Å²) in [4.78, 5) is 29.2. The Morgan fingerprint density at radius 3 is 2.62 bits per heavy atom. The molecule has 1 aromatic heterocycles. The Kier molecular flexibility index (Phi) is 10.4. The van der Waals surface area contributed by atoms with Crippen molar-refractivity contribution in [3.8, 4) is 23.0 Å². The van der Waals surface area contributed by atoms with E-state index in [0.29, 0.717) is 60.8 Å². The zero-order chi connectivity index (χ0) is 33.0. The van der Waals surface area contributed by atoms with Crippen molar-refractivity contribution in [2.45, 2.75) is 58.6 Å². The number of halogens is 1. The zero-order valence-corrected chi connectivity index (χ0v) is 29.4. The maximum Gasteiger partial charge on any atom is 0.410 e. The predicted molar refractivity (Wildman–Crippen MR) is 183 cm³/mol. The van der Waals surface area contributed by atoms with Crippen molar-refractivity contribution in [3.05, 3.63) is 34.6 Å². The molecule has 0 saturated carbocycles. The standard InChI is InChI=1S/C34H45BrN6O6/c1-34(2,3)47-33(42)41-10-6-5-7-15-43-27-18-24-26(19-28(27)44-16-8-9-40-13-11-39(4)12-14-40)36-21-37-32(24)38-29-23(20-41)17-25(35)30-31(29)46-22-45-30/h17-19,21H,5-16,20,22H2,1-4H3,(H,36,37,38). The molecule has 3 aromatic rings. The molecule has 1 amide bonds. The van der Waals surface area contributed by atoms with Gasteiger partial charge >= 0.3 is 6.09 Å². The molecule has 0 aliphatic carbocycles. The molecule has 2 aromatic carbocycles. The van der Waals surface area contributed by atoms with Crippen molar-refractivity contribution >= 4 is 44.4 Å². The van der Waals surface area contributed by atoms with Crippen molar-refractivity contribution in [2.24, 2.45) is 0 Å². The second-order valence-electron chi connectivity index (χ2n) is 13.3. The number of amides is 1. The Hall–Kier alpha value is -3.55. The number of piperazine rings is 1. The van der Waals surface area contributed by atoms with Crippen LogP contribution in [-0.4, -0.2) is 103 Å².